The molecule has 0 fully saturated rings. The second-order valence-corrected chi connectivity index (χ2v) is 4.46. The summed E-state index contributed by atoms with van der Waals surface area (Å²) in [5, 5.41) is 0. The molecule has 0 aliphatic rings. The third-order valence-corrected chi connectivity index (χ3v) is 3.12. The van der Waals surface area contributed by atoms with Crippen LogP contribution in [0.2, 0.25) is 0 Å². The molecule has 0 radical (unpaired) electrons. The molecule has 0 aromatic carbocycles. The van der Waals surface area contributed by atoms with Gasteiger partial charge in [0.15, 0.2) is 0 Å². The molecule has 0 aliphatic carbocycles. The molecule has 15 heavy (non-hydrogen) atoms. The number of halogens is 1. The Kier molecular flexibility index (Phi) is 8.88. The van der Waals surface area contributed by atoms with Gasteiger partial charge in [0.2, 0.25) is 5.91 Å². The van der Waals surface area contributed by atoms with Crippen LogP contribution in [0.4, 0.5) is 0 Å². The van der Waals surface area contributed by atoms with Crippen LogP contribution in [0, 0.1) is 0 Å². The van der Waals surface area contributed by atoms with Crippen LogP contribution < -0.4 is 0 Å². The Balaban J connectivity index is 3.55. The maximum Gasteiger partial charge on any atom is 0.237 e. The van der Waals surface area contributed by atoms with Crippen molar-refractivity contribution in [3.63, 3.8) is 0 Å². The average molecular weight is 234 g/mol. The first kappa shape index (κ1) is 14.8. The first-order chi connectivity index (χ1) is 7.13. The number of nitrogens with zero attached hydrogens (tertiary/aromatic N) is 1. The van der Waals surface area contributed by atoms with Gasteiger partial charge in [0.1, 0.15) is 5.88 Å². The fourth-order valence-corrected chi connectivity index (χ4v) is 1.77. The Hall–Kier alpha value is -0.240. The summed E-state index contributed by atoms with van der Waals surface area (Å²) in [6.07, 6.45) is 7.49. The molecule has 0 rings (SSSR count). The molecule has 0 N–H and O–H groups in total. The fourth-order valence-electron chi connectivity index (χ4n) is 1.58. The van der Waals surface area contributed by atoms with Gasteiger partial charge in [-0.15, -0.1) is 11.6 Å². The lowest BCUT2D eigenvalue weighted by molar-refractivity contribution is -0.129. The minimum Gasteiger partial charge on any atom is -0.342 e. The van der Waals surface area contributed by atoms with Gasteiger partial charge in [0, 0.05) is 13.1 Å². The predicted octanol–water partition coefficient (Wildman–Crippen LogP) is 3.43. The average Bonchev–Trinajstić information content (AvgIpc) is 2.26. The Morgan fingerprint density at radius 3 is 2.40 bits per heavy atom. The monoisotopic (exact) mass is 233 g/mol. The predicted molar refractivity (Wildman–Crippen MR) is 66.3 cm³/mol. The van der Waals surface area contributed by atoms with Crippen molar-refractivity contribution in [3.8, 4) is 0 Å². The molecule has 0 spiro atoms. The lowest BCUT2D eigenvalue weighted by Gasteiger charge is -2.24. The molecule has 90 valence electrons. The van der Waals surface area contributed by atoms with Crippen molar-refractivity contribution in [1.82, 2.24) is 4.90 Å². The van der Waals surface area contributed by atoms with Crippen LogP contribution in [0.15, 0.2) is 0 Å². The van der Waals surface area contributed by atoms with Gasteiger partial charge >= 0.3 is 0 Å². The zero-order valence-electron chi connectivity index (χ0n) is 10.3. The van der Waals surface area contributed by atoms with E-state index in [1.54, 1.807) is 4.90 Å². The Labute approximate surface area is 99.0 Å². The van der Waals surface area contributed by atoms with E-state index >= 15 is 0 Å². The van der Waals surface area contributed by atoms with E-state index in [0.717, 1.165) is 6.42 Å². The van der Waals surface area contributed by atoms with E-state index in [9.17, 15) is 4.79 Å². The second kappa shape index (κ2) is 9.02. The number of unbranched alkanes of at least 4 members (excludes halogenated alkanes) is 4. The van der Waals surface area contributed by atoms with E-state index in [-0.39, 0.29) is 11.8 Å². The lowest BCUT2D eigenvalue weighted by atomic mass is 10.1. The lowest BCUT2D eigenvalue weighted by Crippen LogP contribution is -2.35. The summed E-state index contributed by atoms with van der Waals surface area (Å²) >= 11 is 5.50. The molecule has 1 atom stereocenters. The van der Waals surface area contributed by atoms with Crippen molar-refractivity contribution >= 4 is 17.5 Å². The number of carbonyl (C=O) groups is 1. The third-order valence-electron chi connectivity index (χ3n) is 2.89. The minimum absolute atomic E-state index is 0.0257. The molecule has 0 saturated heterocycles. The molecule has 0 aromatic rings. The molecule has 0 saturated carbocycles. The topological polar surface area (TPSA) is 20.3 Å². The summed E-state index contributed by atoms with van der Waals surface area (Å²) in [7, 11) is 1.83. The van der Waals surface area contributed by atoms with E-state index in [1.165, 1.54) is 32.1 Å². The van der Waals surface area contributed by atoms with Crippen molar-refractivity contribution in [2.45, 2.75) is 58.4 Å². The maximum atomic E-state index is 11.3. The van der Waals surface area contributed by atoms with E-state index in [4.69, 9.17) is 11.6 Å². The van der Waals surface area contributed by atoms with E-state index < -0.39 is 0 Å². The maximum absolute atomic E-state index is 11.3. The van der Waals surface area contributed by atoms with Crippen molar-refractivity contribution in [2.24, 2.45) is 0 Å². The highest BCUT2D eigenvalue weighted by atomic mass is 35.5. The summed E-state index contributed by atoms with van der Waals surface area (Å²) in [5.74, 6) is 0.120. The highest BCUT2D eigenvalue weighted by Crippen LogP contribution is 2.10. The molecule has 0 bridgehead atoms. The van der Waals surface area contributed by atoms with Gasteiger partial charge in [-0.3, -0.25) is 4.79 Å². The third kappa shape index (κ3) is 6.77. The van der Waals surface area contributed by atoms with Crippen LogP contribution in [-0.2, 0) is 4.79 Å². The van der Waals surface area contributed by atoms with Crippen LogP contribution >= 0.6 is 11.6 Å². The Morgan fingerprint density at radius 1 is 1.27 bits per heavy atom. The summed E-state index contributed by atoms with van der Waals surface area (Å²) in [5.41, 5.74) is 0. The molecule has 2 nitrogen and oxygen atoms in total. The molecule has 0 aromatic heterocycles. The second-order valence-electron chi connectivity index (χ2n) is 4.19. The number of rotatable bonds is 8. The molecule has 0 heterocycles. The number of hydrogen-bond donors (Lipinski definition) is 0. The van der Waals surface area contributed by atoms with Crippen LogP contribution in [0.3, 0.4) is 0 Å². The molecule has 1 amide bonds. The molecule has 1 unspecified atom stereocenters. The summed E-state index contributed by atoms with van der Waals surface area (Å²) in [4.78, 5) is 13.0. The smallest absolute Gasteiger partial charge is 0.237 e. The number of carbonyl (C=O) groups excluding carboxylic acids is 1. The van der Waals surface area contributed by atoms with Gasteiger partial charge in [-0.2, -0.15) is 0 Å². The zero-order chi connectivity index (χ0) is 11.7. The van der Waals surface area contributed by atoms with Gasteiger partial charge in [-0.05, 0) is 13.3 Å². The van der Waals surface area contributed by atoms with Crippen LogP contribution in [-0.4, -0.2) is 29.8 Å². The molecule has 0 aliphatic heterocycles. The molecular formula is C12H24ClNO. The molecule has 3 heteroatoms. The van der Waals surface area contributed by atoms with Gasteiger partial charge in [0.25, 0.3) is 0 Å². The highest BCUT2D eigenvalue weighted by molar-refractivity contribution is 6.27. The van der Waals surface area contributed by atoms with E-state index in [1.807, 2.05) is 7.05 Å². The highest BCUT2D eigenvalue weighted by Gasteiger charge is 2.13. The SMILES string of the molecule is CCCCCCCC(C)N(C)C(=O)CCl. The largest absolute Gasteiger partial charge is 0.342 e. The van der Waals surface area contributed by atoms with Crippen LogP contribution in [0.1, 0.15) is 52.4 Å². The van der Waals surface area contributed by atoms with Crippen molar-refractivity contribution in [1.29, 1.82) is 0 Å². The summed E-state index contributed by atoms with van der Waals surface area (Å²) in [6, 6.07) is 0.317. The van der Waals surface area contributed by atoms with Gasteiger partial charge in [0.05, 0.1) is 0 Å². The number of hydrogen-bond acceptors (Lipinski definition) is 1. The number of alkyl halides is 1. The first-order valence-electron chi connectivity index (χ1n) is 5.95. The standard InChI is InChI=1S/C12H24ClNO/c1-4-5-6-7-8-9-11(2)14(3)12(15)10-13/h11H,4-10H2,1-3H3. The Bertz CT molecular complexity index is 173. The van der Waals surface area contributed by atoms with Crippen LogP contribution in [0.5, 0.6) is 0 Å². The Morgan fingerprint density at radius 2 is 1.87 bits per heavy atom. The van der Waals surface area contributed by atoms with Gasteiger partial charge < -0.3 is 4.90 Å². The molecular weight excluding hydrogens is 210 g/mol. The quantitative estimate of drug-likeness (QED) is 0.465. The first-order valence-corrected chi connectivity index (χ1v) is 6.48. The van der Waals surface area contributed by atoms with Crippen LogP contribution in [0.25, 0.3) is 0 Å². The minimum atomic E-state index is 0.0257. The fraction of sp³-hybridized carbons (Fsp3) is 0.917. The number of amides is 1. The summed E-state index contributed by atoms with van der Waals surface area (Å²) < 4.78 is 0. The summed E-state index contributed by atoms with van der Waals surface area (Å²) in [6.45, 7) is 4.31. The van der Waals surface area contributed by atoms with Crippen molar-refractivity contribution in [2.75, 3.05) is 12.9 Å². The van der Waals surface area contributed by atoms with E-state index in [0.29, 0.717) is 6.04 Å². The normalized spacial score (nSPS) is 12.5. The zero-order valence-corrected chi connectivity index (χ0v) is 11.0. The van der Waals surface area contributed by atoms with Crippen molar-refractivity contribution < 1.29 is 4.79 Å². The van der Waals surface area contributed by atoms with Gasteiger partial charge in [-0.1, -0.05) is 39.0 Å². The van der Waals surface area contributed by atoms with E-state index in [2.05, 4.69) is 13.8 Å². The van der Waals surface area contributed by atoms with Gasteiger partial charge in [-0.25, -0.2) is 0 Å². The van der Waals surface area contributed by atoms with Crippen molar-refractivity contribution in [3.05, 3.63) is 0 Å².